The number of hydrogen-bond acceptors (Lipinski definition) is 7. The van der Waals surface area contributed by atoms with Gasteiger partial charge in [0.15, 0.2) is 5.78 Å². The van der Waals surface area contributed by atoms with Gasteiger partial charge in [0.2, 0.25) is 11.8 Å². The lowest BCUT2D eigenvalue weighted by Crippen LogP contribution is -2.59. The van der Waals surface area contributed by atoms with E-state index in [1.54, 1.807) is 14.0 Å². The van der Waals surface area contributed by atoms with Crippen molar-refractivity contribution in [3.63, 3.8) is 0 Å². The number of amides is 2. The van der Waals surface area contributed by atoms with E-state index in [2.05, 4.69) is 36.3 Å². The van der Waals surface area contributed by atoms with E-state index in [0.717, 1.165) is 43.8 Å². The summed E-state index contributed by atoms with van der Waals surface area (Å²) in [5, 5.41) is 6.87. The molecule has 2 unspecified atom stereocenters. The maximum atomic E-state index is 14.1. The number of rotatable bonds is 8. The van der Waals surface area contributed by atoms with Gasteiger partial charge in [0.25, 0.3) is 0 Å². The minimum absolute atomic E-state index is 0.0522. The first kappa shape index (κ1) is 29.7. The maximum Gasteiger partial charge on any atom is 0.246 e. The summed E-state index contributed by atoms with van der Waals surface area (Å²) in [6, 6.07) is 3.82. The fourth-order valence-electron chi connectivity index (χ4n) is 5.68. The molecule has 214 valence electrons. The SMILES string of the molecule is CN[C@@H](C)C(=O)N[C@H](C(=O)N1CCCC1C1=NC(C(=O)c2ccc(F)cc2)CS1)C1CCN(C(C)(C)C)CC1. The first-order valence-corrected chi connectivity index (χ1v) is 15.0. The number of Topliss-reactive ketones (excluding diaryl/α,β-unsaturated/α-hetero) is 1. The Kier molecular flexibility index (Phi) is 9.49. The van der Waals surface area contributed by atoms with Crippen LogP contribution < -0.4 is 10.6 Å². The number of nitrogens with one attached hydrogen (secondary N) is 2. The molecule has 2 saturated heterocycles. The van der Waals surface area contributed by atoms with Gasteiger partial charge in [0.1, 0.15) is 17.9 Å². The van der Waals surface area contributed by atoms with Gasteiger partial charge in [-0.1, -0.05) is 0 Å². The van der Waals surface area contributed by atoms with Crippen LogP contribution in [0.25, 0.3) is 0 Å². The third-order valence-corrected chi connectivity index (χ3v) is 9.43. The van der Waals surface area contributed by atoms with Crippen LogP contribution in [0.5, 0.6) is 0 Å². The fraction of sp³-hybridized carbons (Fsp3) is 0.655. The van der Waals surface area contributed by atoms with Gasteiger partial charge >= 0.3 is 0 Å². The molecule has 0 aromatic heterocycles. The normalized spacial score (nSPS) is 24.4. The second-order valence-electron chi connectivity index (χ2n) is 11.8. The minimum Gasteiger partial charge on any atom is -0.343 e. The Morgan fingerprint density at radius 3 is 2.36 bits per heavy atom. The highest BCUT2D eigenvalue weighted by Gasteiger charge is 2.43. The molecular formula is C29H42FN5O3S. The van der Waals surface area contributed by atoms with Crippen LogP contribution in [-0.4, -0.2) is 94.6 Å². The van der Waals surface area contributed by atoms with E-state index in [1.807, 2.05) is 4.90 Å². The lowest BCUT2D eigenvalue weighted by atomic mass is 9.86. The molecule has 0 aliphatic carbocycles. The summed E-state index contributed by atoms with van der Waals surface area (Å²) in [6.07, 6.45) is 3.31. The van der Waals surface area contributed by atoms with Gasteiger partial charge in [-0.2, -0.15) is 0 Å². The Balaban J connectivity index is 1.50. The summed E-state index contributed by atoms with van der Waals surface area (Å²) in [7, 11) is 1.73. The second-order valence-corrected chi connectivity index (χ2v) is 12.9. The number of aliphatic imine (C=N–C) groups is 1. The maximum absolute atomic E-state index is 14.1. The van der Waals surface area contributed by atoms with Crippen molar-refractivity contribution in [3.05, 3.63) is 35.6 Å². The summed E-state index contributed by atoms with van der Waals surface area (Å²) >= 11 is 1.52. The molecule has 2 amide bonds. The minimum atomic E-state index is -0.598. The van der Waals surface area contributed by atoms with Crippen LogP contribution in [-0.2, 0) is 9.59 Å². The van der Waals surface area contributed by atoms with Gasteiger partial charge in [-0.25, -0.2) is 4.39 Å². The smallest absolute Gasteiger partial charge is 0.246 e. The molecule has 0 radical (unpaired) electrons. The zero-order valence-electron chi connectivity index (χ0n) is 23.7. The van der Waals surface area contributed by atoms with Gasteiger partial charge in [0, 0.05) is 23.4 Å². The van der Waals surface area contributed by atoms with Crippen LogP contribution >= 0.6 is 11.8 Å². The average molecular weight is 560 g/mol. The highest BCUT2D eigenvalue weighted by molar-refractivity contribution is 8.14. The molecule has 4 atom stereocenters. The lowest BCUT2D eigenvalue weighted by Gasteiger charge is -2.43. The standard InChI is InChI=1S/C29H42FN5O3S/c1-18(31-5)26(37)33-24(19-12-15-34(16-13-19)29(2,3)4)28(38)35-14-6-7-23(35)27-32-22(17-39-27)25(36)20-8-10-21(30)11-9-20/h8-11,18-19,22-24,31H,6-7,12-17H2,1-5H3,(H,33,37)/t18-,22?,23?,24-/m0/s1. The number of carbonyl (C=O) groups is 3. The van der Waals surface area contributed by atoms with Crippen molar-refractivity contribution in [2.75, 3.05) is 32.4 Å². The van der Waals surface area contributed by atoms with Crippen LogP contribution in [0.3, 0.4) is 0 Å². The van der Waals surface area contributed by atoms with Crippen LogP contribution in [0.4, 0.5) is 4.39 Å². The van der Waals surface area contributed by atoms with E-state index in [9.17, 15) is 18.8 Å². The van der Waals surface area contributed by atoms with Gasteiger partial charge in [-0.05, 0) is 104 Å². The number of halogens is 1. The lowest BCUT2D eigenvalue weighted by molar-refractivity contribution is -0.139. The molecule has 0 bridgehead atoms. The number of carbonyl (C=O) groups excluding carboxylic acids is 3. The molecule has 1 aromatic rings. The molecule has 3 aliphatic heterocycles. The first-order valence-electron chi connectivity index (χ1n) is 14.0. The molecule has 1 aromatic carbocycles. The Bertz CT molecular complexity index is 1080. The van der Waals surface area contributed by atoms with E-state index >= 15 is 0 Å². The largest absolute Gasteiger partial charge is 0.343 e. The summed E-state index contributed by atoms with van der Waals surface area (Å²) < 4.78 is 13.3. The number of piperidine rings is 1. The molecule has 2 N–H and O–H groups in total. The summed E-state index contributed by atoms with van der Waals surface area (Å²) in [6.45, 7) is 10.8. The number of likely N-dealkylation sites (N-methyl/N-ethyl adjacent to an activating group) is 1. The summed E-state index contributed by atoms with van der Waals surface area (Å²) in [5.41, 5.74) is 0.503. The molecule has 3 aliphatic rings. The third-order valence-electron chi connectivity index (χ3n) is 8.27. The number of nitrogens with zero attached hydrogens (tertiary/aromatic N) is 3. The van der Waals surface area contributed by atoms with E-state index < -0.39 is 18.1 Å². The monoisotopic (exact) mass is 559 g/mol. The predicted molar refractivity (Wildman–Crippen MR) is 154 cm³/mol. The molecule has 0 saturated carbocycles. The van der Waals surface area contributed by atoms with Crippen molar-refractivity contribution in [2.24, 2.45) is 10.9 Å². The predicted octanol–water partition coefficient (Wildman–Crippen LogP) is 3.12. The zero-order chi connectivity index (χ0) is 28.3. The Morgan fingerprint density at radius 1 is 1.08 bits per heavy atom. The molecule has 8 nitrogen and oxygen atoms in total. The molecular weight excluding hydrogens is 517 g/mol. The van der Waals surface area contributed by atoms with Gasteiger partial charge in [-0.3, -0.25) is 24.3 Å². The molecule has 10 heteroatoms. The fourth-order valence-corrected chi connectivity index (χ4v) is 6.87. The van der Waals surface area contributed by atoms with E-state index in [4.69, 9.17) is 4.99 Å². The van der Waals surface area contributed by atoms with Crippen molar-refractivity contribution in [2.45, 2.75) is 83.1 Å². The van der Waals surface area contributed by atoms with E-state index in [1.165, 1.54) is 36.0 Å². The van der Waals surface area contributed by atoms with Crippen molar-refractivity contribution in [1.82, 2.24) is 20.4 Å². The third kappa shape index (κ3) is 6.89. The van der Waals surface area contributed by atoms with E-state index in [0.29, 0.717) is 17.9 Å². The van der Waals surface area contributed by atoms with Crippen LogP contribution in [0, 0.1) is 11.7 Å². The molecule has 4 rings (SSSR count). The van der Waals surface area contributed by atoms with Gasteiger partial charge < -0.3 is 15.5 Å². The average Bonchev–Trinajstić information content (AvgIpc) is 3.60. The number of hydrogen-bond donors (Lipinski definition) is 2. The number of thioether (sulfide) groups is 1. The molecule has 0 spiro atoms. The quantitative estimate of drug-likeness (QED) is 0.476. The van der Waals surface area contributed by atoms with E-state index in [-0.39, 0.29) is 40.9 Å². The summed E-state index contributed by atoms with van der Waals surface area (Å²) in [4.78, 5) is 49.1. The number of likely N-dealkylation sites (tertiary alicyclic amines) is 2. The molecule has 3 heterocycles. The first-order chi connectivity index (χ1) is 18.5. The van der Waals surface area contributed by atoms with Crippen molar-refractivity contribution in [3.8, 4) is 0 Å². The number of benzene rings is 1. The van der Waals surface area contributed by atoms with Crippen molar-refractivity contribution < 1.29 is 18.8 Å². The van der Waals surface area contributed by atoms with Gasteiger partial charge in [-0.15, -0.1) is 11.8 Å². The van der Waals surface area contributed by atoms with Crippen LogP contribution in [0.2, 0.25) is 0 Å². The van der Waals surface area contributed by atoms with Crippen molar-refractivity contribution in [1.29, 1.82) is 0 Å². The topological polar surface area (TPSA) is 94.1 Å². The van der Waals surface area contributed by atoms with Crippen molar-refractivity contribution >= 4 is 34.4 Å². The molecule has 2 fully saturated rings. The Morgan fingerprint density at radius 2 is 1.74 bits per heavy atom. The Hall–Kier alpha value is -2.30. The highest BCUT2D eigenvalue weighted by atomic mass is 32.2. The zero-order valence-corrected chi connectivity index (χ0v) is 24.5. The summed E-state index contributed by atoms with van der Waals surface area (Å²) in [5.74, 6) is -0.190. The molecule has 39 heavy (non-hydrogen) atoms. The Labute approximate surface area is 235 Å². The second kappa shape index (κ2) is 12.5. The van der Waals surface area contributed by atoms with Gasteiger partial charge in [0.05, 0.1) is 17.1 Å². The van der Waals surface area contributed by atoms with Crippen LogP contribution in [0.1, 0.15) is 63.7 Å². The number of ketones is 1. The van der Waals surface area contributed by atoms with Crippen LogP contribution in [0.15, 0.2) is 29.3 Å². The highest BCUT2D eigenvalue weighted by Crippen LogP contribution is 2.33.